The number of fused-ring (bicyclic) bond motifs is 3. The molecule has 0 spiro atoms. The molecule has 0 amide bonds. The summed E-state index contributed by atoms with van der Waals surface area (Å²) >= 11 is 0. The van der Waals surface area contributed by atoms with Crippen LogP contribution in [0.2, 0.25) is 0 Å². The Morgan fingerprint density at radius 2 is 2.02 bits per heavy atom. The lowest BCUT2D eigenvalue weighted by atomic mass is 9.84. The lowest BCUT2D eigenvalue weighted by Gasteiger charge is -2.30. The minimum absolute atomic E-state index is 0.0184. The number of aliphatic carboxylic acids is 1. The van der Waals surface area contributed by atoms with E-state index in [0.717, 1.165) is 71.4 Å². The van der Waals surface area contributed by atoms with Crippen LogP contribution in [0.3, 0.4) is 0 Å². The summed E-state index contributed by atoms with van der Waals surface area (Å²) in [6.45, 7) is 5.57. The van der Waals surface area contributed by atoms with Crippen LogP contribution in [0.15, 0.2) is 48.8 Å². The van der Waals surface area contributed by atoms with Gasteiger partial charge in [0.25, 0.3) is 6.47 Å². The second-order valence-electron chi connectivity index (χ2n) is 10.7. The van der Waals surface area contributed by atoms with Gasteiger partial charge in [-0.2, -0.15) is 0 Å². The molecular weight excluding hydrogens is 522 g/mol. The van der Waals surface area contributed by atoms with Gasteiger partial charge in [0.05, 0.1) is 11.9 Å². The fourth-order valence-electron chi connectivity index (χ4n) is 6.26. The summed E-state index contributed by atoms with van der Waals surface area (Å²) < 4.78 is 8.09. The number of benzene rings is 2. The Balaban J connectivity index is 0.00000108. The molecule has 2 aliphatic rings. The van der Waals surface area contributed by atoms with Gasteiger partial charge in [0.1, 0.15) is 17.4 Å². The number of hydrogen-bond donors (Lipinski definition) is 2. The highest BCUT2D eigenvalue weighted by atomic mass is 16.5. The quantitative estimate of drug-likeness (QED) is 0.326. The van der Waals surface area contributed by atoms with Gasteiger partial charge >= 0.3 is 5.97 Å². The molecule has 1 aliphatic heterocycles. The summed E-state index contributed by atoms with van der Waals surface area (Å²) in [5, 5.41) is 25.3. The Hall–Kier alpha value is -4.31. The summed E-state index contributed by atoms with van der Waals surface area (Å²) in [4.78, 5) is 27.3. The van der Waals surface area contributed by atoms with Crippen molar-refractivity contribution < 1.29 is 24.5 Å². The van der Waals surface area contributed by atoms with E-state index in [1.165, 1.54) is 11.1 Å². The maximum atomic E-state index is 12.0. The van der Waals surface area contributed by atoms with E-state index in [-0.39, 0.29) is 31.0 Å². The number of pyridine rings is 1. The van der Waals surface area contributed by atoms with Crippen LogP contribution in [0, 0.1) is 6.92 Å². The standard InChI is InChI=1S/C30H33N5O3.CH2O2/c1-4-22-17-35(16-21-15-31-12-11-28(21)38-22)26-9-7-19-5-6-20(13-25(19)26)24(14-29(36)37)23-8-10-27-30(18(23)2)32-33-34(27)3;2-1-3/h5-6,8,10-13,15,22,24,26H,4,7,9,14,16-17H2,1-3H3,(H,36,37);1H,(H,2,3)/t22-,24?,26?;/m1./s1. The molecule has 3 atom stereocenters. The zero-order chi connectivity index (χ0) is 29.1. The normalized spacial score (nSPS) is 18.8. The van der Waals surface area contributed by atoms with E-state index in [1.807, 2.05) is 38.4 Å². The fraction of sp³-hybridized carbons (Fsp3) is 0.387. The number of hydrogen-bond acceptors (Lipinski definition) is 7. The topological polar surface area (TPSA) is 131 Å². The Labute approximate surface area is 238 Å². The number of aryl methyl sites for hydroxylation is 3. The van der Waals surface area contributed by atoms with Crippen LogP contribution >= 0.6 is 0 Å². The monoisotopic (exact) mass is 557 g/mol. The number of nitrogens with zero attached hydrogens (tertiary/aromatic N) is 5. The molecule has 0 bridgehead atoms. The number of carboxylic acids is 1. The van der Waals surface area contributed by atoms with Crippen LogP contribution in [0.4, 0.5) is 0 Å². The van der Waals surface area contributed by atoms with E-state index < -0.39 is 5.97 Å². The van der Waals surface area contributed by atoms with Crippen LogP contribution in [0.1, 0.15) is 71.5 Å². The predicted octanol–water partition coefficient (Wildman–Crippen LogP) is 4.64. The molecule has 0 saturated carbocycles. The lowest BCUT2D eigenvalue weighted by Crippen LogP contribution is -2.34. The molecule has 10 nitrogen and oxygen atoms in total. The maximum absolute atomic E-state index is 12.0. The second kappa shape index (κ2) is 12.1. The molecule has 6 rings (SSSR count). The number of ether oxygens (including phenoxy) is 1. The first kappa shape index (κ1) is 28.2. The molecule has 0 radical (unpaired) electrons. The first-order valence-electron chi connectivity index (χ1n) is 13.9. The average Bonchev–Trinajstić information content (AvgIpc) is 3.50. The first-order valence-corrected chi connectivity index (χ1v) is 13.9. The van der Waals surface area contributed by atoms with Crippen molar-refractivity contribution in [2.24, 2.45) is 7.05 Å². The Kier molecular flexibility index (Phi) is 8.30. The number of aromatic nitrogens is 4. The van der Waals surface area contributed by atoms with E-state index in [1.54, 1.807) is 10.9 Å². The van der Waals surface area contributed by atoms with E-state index in [4.69, 9.17) is 14.6 Å². The Morgan fingerprint density at radius 3 is 2.78 bits per heavy atom. The molecule has 2 aromatic carbocycles. The third kappa shape index (κ3) is 5.65. The zero-order valence-corrected chi connectivity index (χ0v) is 23.5. The smallest absolute Gasteiger partial charge is 0.304 e. The van der Waals surface area contributed by atoms with Crippen molar-refractivity contribution in [3.63, 3.8) is 0 Å². The molecule has 41 heavy (non-hydrogen) atoms. The number of carbonyl (C=O) groups is 2. The van der Waals surface area contributed by atoms with Gasteiger partial charge in [0.2, 0.25) is 0 Å². The summed E-state index contributed by atoms with van der Waals surface area (Å²) in [5.41, 5.74) is 8.54. The van der Waals surface area contributed by atoms with Crippen molar-refractivity contribution in [1.82, 2.24) is 24.9 Å². The van der Waals surface area contributed by atoms with Crippen LogP contribution in [0.5, 0.6) is 5.75 Å². The molecule has 10 heteroatoms. The molecule has 4 aromatic rings. The lowest BCUT2D eigenvalue weighted by molar-refractivity contribution is -0.137. The van der Waals surface area contributed by atoms with E-state index in [2.05, 4.69) is 45.3 Å². The van der Waals surface area contributed by atoms with Crippen molar-refractivity contribution in [3.05, 3.63) is 82.2 Å². The molecule has 214 valence electrons. The van der Waals surface area contributed by atoms with Crippen LogP contribution in [-0.4, -0.2) is 60.2 Å². The number of rotatable bonds is 6. The zero-order valence-electron chi connectivity index (χ0n) is 23.5. The van der Waals surface area contributed by atoms with Crippen molar-refractivity contribution in [1.29, 1.82) is 0 Å². The molecule has 0 saturated heterocycles. The number of carboxylic acid groups (broad SMARTS) is 2. The van der Waals surface area contributed by atoms with Crippen molar-refractivity contribution in [2.75, 3.05) is 6.54 Å². The second-order valence-corrected chi connectivity index (χ2v) is 10.7. The van der Waals surface area contributed by atoms with Crippen molar-refractivity contribution >= 4 is 23.5 Å². The van der Waals surface area contributed by atoms with Gasteiger partial charge in [0, 0.05) is 50.1 Å². The molecule has 2 N–H and O–H groups in total. The van der Waals surface area contributed by atoms with Crippen LogP contribution in [0.25, 0.3) is 11.0 Å². The molecule has 1 aliphatic carbocycles. The summed E-state index contributed by atoms with van der Waals surface area (Å²) in [6, 6.07) is 12.8. The first-order chi connectivity index (χ1) is 19.8. The minimum Gasteiger partial charge on any atom is -0.489 e. The maximum Gasteiger partial charge on any atom is 0.304 e. The third-order valence-electron chi connectivity index (χ3n) is 8.31. The highest BCUT2D eigenvalue weighted by Crippen LogP contribution is 2.42. The van der Waals surface area contributed by atoms with Gasteiger partial charge in [-0.25, -0.2) is 4.68 Å². The highest BCUT2D eigenvalue weighted by molar-refractivity contribution is 5.80. The minimum atomic E-state index is -0.815. The molecule has 2 unspecified atom stereocenters. The van der Waals surface area contributed by atoms with Crippen molar-refractivity contribution in [2.45, 2.75) is 64.1 Å². The highest BCUT2D eigenvalue weighted by Gasteiger charge is 2.33. The molecule has 3 heterocycles. The van der Waals surface area contributed by atoms with Gasteiger partial charge < -0.3 is 14.9 Å². The molecule has 0 fully saturated rings. The average molecular weight is 558 g/mol. The van der Waals surface area contributed by atoms with Crippen LogP contribution < -0.4 is 4.74 Å². The SMILES string of the molecule is CC[C@@H]1CN(C2CCc3ccc(C(CC(=O)O)c4ccc5c(nnn5C)c4C)cc32)Cc2cnccc2O1.O=CO. The van der Waals surface area contributed by atoms with Crippen molar-refractivity contribution in [3.8, 4) is 5.75 Å². The van der Waals surface area contributed by atoms with Gasteiger partial charge in [-0.15, -0.1) is 5.10 Å². The van der Waals surface area contributed by atoms with E-state index >= 15 is 0 Å². The largest absolute Gasteiger partial charge is 0.489 e. The van der Waals surface area contributed by atoms with Crippen LogP contribution in [-0.2, 0) is 29.6 Å². The summed E-state index contributed by atoms with van der Waals surface area (Å²) in [5.74, 6) is -0.158. The van der Waals surface area contributed by atoms with Gasteiger partial charge in [0.15, 0.2) is 0 Å². The van der Waals surface area contributed by atoms with Gasteiger partial charge in [-0.05, 0) is 66.1 Å². The summed E-state index contributed by atoms with van der Waals surface area (Å²) in [7, 11) is 1.87. The third-order valence-corrected chi connectivity index (χ3v) is 8.31. The van der Waals surface area contributed by atoms with E-state index in [0.29, 0.717) is 0 Å². The fourth-order valence-corrected chi connectivity index (χ4v) is 6.26. The molecular formula is C31H35N5O5. The van der Waals surface area contributed by atoms with Gasteiger partial charge in [-0.1, -0.05) is 36.4 Å². The summed E-state index contributed by atoms with van der Waals surface area (Å²) in [6.07, 6.45) is 6.84. The Morgan fingerprint density at radius 1 is 1.22 bits per heavy atom. The van der Waals surface area contributed by atoms with E-state index in [9.17, 15) is 9.90 Å². The Bertz CT molecular complexity index is 1570. The molecule has 2 aromatic heterocycles. The predicted molar refractivity (Wildman–Crippen MR) is 153 cm³/mol. The van der Waals surface area contributed by atoms with Gasteiger partial charge in [-0.3, -0.25) is 19.5 Å².